The van der Waals surface area contributed by atoms with E-state index in [1.54, 1.807) is 0 Å². The lowest BCUT2D eigenvalue weighted by Crippen LogP contribution is -2.60. The minimum Gasteiger partial charge on any atom is -0.315 e. The van der Waals surface area contributed by atoms with E-state index in [1.165, 1.54) is 18.5 Å². The highest BCUT2D eigenvalue weighted by molar-refractivity contribution is 5.04. The third kappa shape index (κ3) is 3.86. The van der Waals surface area contributed by atoms with Gasteiger partial charge in [0.25, 0.3) is 0 Å². The maximum atomic E-state index is 4.28. The Morgan fingerprint density at radius 1 is 1.24 bits per heavy atom. The monoisotopic (exact) mass is 294 g/mol. The van der Waals surface area contributed by atoms with Crippen LogP contribution >= 0.6 is 0 Å². The van der Waals surface area contributed by atoms with Crippen LogP contribution in [-0.4, -0.2) is 46.4 Å². The summed E-state index contributed by atoms with van der Waals surface area (Å²) in [6, 6.07) is 2.63. The molecule has 1 aromatic heterocycles. The van der Waals surface area contributed by atoms with Gasteiger partial charge in [-0.05, 0) is 51.9 Å². The number of hydrogen-bond donors (Lipinski definition) is 1. The second-order valence-corrected chi connectivity index (χ2v) is 5.81. The third-order valence-electron chi connectivity index (χ3n) is 5.23. The van der Waals surface area contributed by atoms with Gasteiger partial charge in [-0.15, -0.1) is 0 Å². The van der Waals surface area contributed by atoms with Crippen molar-refractivity contribution in [2.75, 3.05) is 20.1 Å². The molecule has 1 atom stereocenters. The molecular formula is C17H34N4. The molecule has 0 amide bonds. The van der Waals surface area contributed by atoms with E-state index in [9.17, 15) is 0 Å². The molecule has 1 unspecified atom stereocenters. The van der Waals surface area contributed by atoms with Crippen molar-refractivity contribution in [3.63, 3.8) is 0 Å². The van der Waals surface area contributed by atoms with Crippen molar-refractivity contribution in [1.82, 2.24) is 20.0 Å². The van der Waals surface area contributed by atoms with Gasteiger partial charge in [-0.25, -0.2) is 0 Å². The Kier molecular flexibility index (Phi) is 7.40. The van der Waals surface area contributed by atoms with Crippen LogP contribution in [0.25, 0.3) is 0 Å². The SMILES string of the molecule is CCN(CC)C(CC)(CC)C(CCc1ccnn1C)NC. The molecule has 0 aliphatic rings. The maximum Gasteiger partial charge on any atom is 0.0492 e. The average molecular weight is 294 g/mol. The minimum atomic E-state index is 0.247. The van der Waals surface area contributed by atoms with Crippen LogP contribution < -0.4 is 5.32 Å². The van der Waals surface area contributed by atoms with E-state index >= 15 is 0 Å². The molecule has 0 spiro atoms. The lowest BCUT2D eigenvalue weighted by atomic mass is 9.80. The largest absolute Gasteiger partial charge is 0.315 e. The molecule has 0 aliphatic carbocycles. The van der Waals surface area contributed by atoms with Gasteiger partial charge in [0.15, 0.2) is 0 Å². The molecule has 0 fully saturated rings. The average Bonchev–Trinajstić information content (AvgIpc) is 2.92. The summed E-state index contributed by atoms with van der Waals surface area (Å²) in [7, 11) is 4.14. The van der Waals surface area contributed by atoms with Crippen LogP contribution in [0.3, 0.4) is 0 Å². The predicted octanol–water partition coefficient (Wildman–Crippen LogP) is 2.84. The fraction of sp³-hybridized carbons (Fsp3) is 0.824. The third-order valence-corrected chi connectivity index (χ3v) is 5.23. The molecule has 0 bridgehead atoms. The van der Waals surface area contributed by atoms with Crippen molar-refractivity contribution >= 4 is 0 Å². The fourth-order valence-corrected chi connectivity index (χ4v) is 3.88. The fourth-order valence-electron chi connectivity index (χ4n) is 3.88. The zero-order valence-corrected chi connectivity index (χ0v) is 14.8. The lowest BCUT2D eigenvalue weighted by Gasteiger charge is -2.48. The summed E-state index contributed by atoms with van der Waals surface area (Å²) in [5, 5.41) is 7.88. The molecule has 0 aliphatic heterocycles. The molecule has 122 valence electrons. The highest BCUT2D eigenvalue weighted by Gasteiger charge is 2.38. The molecule has 0 aromatic carbocycles. The van der Waals surface area contributed by atoms with E-state index in [2.05, 4.69) is 56.1 Å². The molecule has 1 heterocycles. The number of rotatable bonds is 10. The first kappa shape index (κ1) is 18.2. The highest BCUT2D eigenvalue weighted by atomic mass is 15.3. The van der Waals surface area contributed by atoms with Gasteiger partial charge < -0.3 is 5.32 Å². The van der Waals surface area contributed by atoms with Crippen LogP contribution in [0, 0.1) is 0 Å². The van der Waals surface area contributed by atoms with Crippen LogP contribution in [-0.2, 0) is 13.5 Å². The molecule has 0 saturated heterocycles. The number of likely N-dealkylation sites (N-methyl/N-ethyl adjacent to an activating group) is 2. The van der Waals surface area contributed by atoms with Crippen LogP contribution in [0.4, 0.5) is 0 Å². The smallest absolute Gasteiger partial charge is 0.0492 e. The maximum absolute atomic E-state index is 4.28. The number of hydrogen-bond acceptors (Lipinski definition) is 3. The Hall–Kier alpha value is -0.870. The molecular weight excluding hydrogens is 260 g/mol. The Morgan fingerprint density at radius 2 is 1.86 bits per heavy atom. The van der Waals surface area contributed by atoms with E-state index in [0.29, 0.717) is 6.04 Å². The summed E-state index contributed by atoms with van der Waals surface area (Å²) in [4.78, 5) is 2.64. The quantitative estimate of drug-likeness (QED) is 0.720. The number of nitrogens with zero attached hydrogens (tertiary/aromatic N) is 3. The van der Waals surface area contributed by atoms with Crippen molar-refractivity contribution in [3.8, 4) is 0 Å². The van der Waals surface area contributed by atoms with E-state index in [-0.39, 0.29) is 5.54 Å². The van der Waals surface area contributed by atoms with Crippen LogP contribution in [0.2, 0.25) is 0 Å². The first-order valence-electron chi connectivity index (χ1n) is 8.48. The standard InChI is InChI=1S/C17H34N4/c1-7-17(8-2,21(9-3)10-4)16(18-5)12-11-15-13-14-19-20(15)6/h13-14,16,18H,7-12H2,1-6H3. The Morgan fingerprint density at radius 3 is 2.24 bits per heavy atom. The van der Waals surface area contributed by atoms with E-state index in [0.717, 1.165) is 25.9 Å². The summed E-state index contributed by atoms with van der Waals surface area (Å²) in [5.74, 6) is 0. The number of aromatic nitrogens is 2. The summed E-state index contributed by atoms with van der Waals surface area (Å²) in [6.07, 6.45) is 6.48. The van der Waals surface area contributed by atoms with Crippen LogP contribution in [0.1, 0.15) is 52.7 Å². The van der Waals surface area contributed by atoms with Gasteiger partial charge in [-0.1, -0.05) is 27.7 Å². The highest BCUT2D eigenvalue weighted by Crippen LogP contribution is 2.30. The van der Waals surface area contributed by atoms with Crippen molar-refractivity contribution in [3.05, 3.63) is 18.0 Å². The van der Waals surface area contributed by atoms with E-state index in [4.69, 9.17) is 0 Å². The molecule has 1 rings (SSSR count). The molecule has 1 aromatic rings. The molecule has 4 nitrogen and oxygen atoms in total. The number of nitrogens with one attached hydrogen (secondary N) is 1. The van der Waals surface area contributed by atoms with Gasteiger partial charge in [0.2, 0.25) is 0 Å². The Balaban J connectivity index is 2.89. The Labute approximate surface area is 130 Å². The summed E-state index contributed by atoms with van der Waals surface area (Å²) in [5.41, 5.74) is 1.56. The Bertz CT molecular complexity index is 391. The van der Waals surface area contributed by atoms with Gasteiger partial charge in [-0.3, -0.25) is 9.58 Å². The van der Waals surface area contributed by atoms with Crippen molar-refractivity contribution in [2.24, 2.45) is 7.05 Å². The zero-order valence-electron chi connectivity index (χ0n) is 14.8. The summed E-state index contributed by atoms with van der Waals surface area (Å²) >= 11 is 0. The topological polar surface area (TPSA) is 33.1 Å². The molecule has 4 heteroatoms. The molecule has 21 heavy (non-hydrogen) atoms. The first-order valence-corrected chi connectivity index (χ1v) is 8.48. The van der Waals surface area contributed by atoms with Crippen molar-refractivity contribution in [1.29, 1.82) is 0 Å². The van der Waals surface area contributed by atoms with Gasteiger partial charge in [0.1, 0.15) is 0 Å². The second-order valence-electron chi connectivity index (χ2n) is 5.81. The predicted molar refractivity (Wildman–Crippen MR) is 90.6 cm³/mol. The van der Waals surface area contributed by atoms with Gasteiger partial charge in [0, 0.05) is 30.5 Å². The van der Waals surface area contributed by atoms with Crippen LogP contribution in [0.15, 0.2) is 12.3 Å². The zero-order chi connectivity index (χ0) is 15.9. The van der Waals surface area contributed by atoms with Crippen LogP contribution in [0.5, 0.6) is 0 Å². The molecule has 0 saturated carbocycles. The van der Waals surface area contributed by atoms with Crippen molar-refractivity contribution < 1.29 is 0 Å². The molecule has 0 radical (unpaired) electrons. The normalized spacial score (nSPS) is 13.9. The van der Waals surface area contributed by atoms with E-state index < -0.39 is 0 Å². The molecule has 1 N–H and O–H groups in total. The number of aryl methyl sites for hydroxylation is 2. The van der Waals surface area contributed by atoms with Gasteiger partial charge in [-0.2, -0.15) is 5.10 Å². The summed E-state index contributed by atoms with van der Waals surface area (Å²) < 4.78 is 1.99. The second kappa shape index (κ2) is 8.54. The lowest BCUT2D eigenvalue weighted by molar-refractivity contribution is 0.0488. The summed E-state index contributed by atoms with van der Waals surface area (Å²) in [6.45, 7) is 11.4. The minimum absolute atomic E-state index is 0.247. The first-order chi connectivity index (χ1) is 10.1. The van der Waals surface area contributed by atoms with E-state index in [1.807, 2.05) is 17.9 Å². The van der Waals surface area contributed by atoms with Crippen molar-refractivity contribution in [2.45, 2.75) is 65.0 Å². The van der Waals surface area contributed by atoms with Gasteiger partial charge >= 0.3 is 0 Å². The van der Waals surface area contributed by atoms with Gasteiger partial charge in [0.05, 0.1) is 0 Å².